The Morgan fingerprint density at radius 2 is 2.15 bits per heavy atom. The van der Waals surface area contributed by atoms with E-state index in [1.165, 1.54) is 5.69 Å². The van der Waals surface area contributed by atoms with Crippen LogP contribution in [0.1, 0.15) is 12.1 Å². The Morgan fingerprint density at radius 3 is 2.85 bits per heavy atom. The van der Waals surface area contributed by atoms with Crippen LogP contribution in [0.2, 0.25) is 5.02 Å². The average molecular weight is 309 g/mol. The lowest BCUT2D eigenvalue weighted by molar-refractivity contribution is 0.561. The van der Waals surface area contributed by atoms with Crippen LogP contribution >= 0.6 is 23.8 Å². The normalized spacial score (nSPS) is 10.3. The number of hydrogen-bond donors (Lipinski definition) is 2. The monoisotopic (exact) mass is 308 g/mol. The van der Waals surface area contributed by atoms with Gasteiger partial charge < -0.3 is 10.6 Å². The second kappa shape index (κ2) is 7.26. The molecule has 0 saturated heterocycles. The molecule has 2 N–H and O–H groups in total. The molecule has 106 valence electrons. The first-order valence-electron chi connectivity index (χ1n) is 6.44. The smallest absolute Gasteiger partial charge is 0.170 e. The van der Waals surface area contributed by atoms with Crippen LogP contribution in [0.25, 0.3) is 0 Å². The third-order valence-corrected chi connectivity index (χ3v) is 3.46. The molecule has 0 aliphatic heterocycles. The summed E-state index contributed by atoms with van der Waals surface area (Å²) in [6, 6.07) is 9.52. The van der Waals surface area contributed by atoms with Crippen LogP contribution in [0.5, 0.6) is 0 Å². The SMILES string of the molecule is Cc1ccnn1CCCNC(=S)Nc1ccccc1Cl. The van der Waals surface area contributed by atoms with Crippen LogP contribution in [0.15, 0.2) is 36.5 Å². The number of halogens is 1. The minimum absolute atomic E-state index is 0.579. The minimum Gasteiger partial charge on any atom is -0.362 e. The van der Waals surface area contributed by atoms with Gasteiger partial charge in [-0.1, -0.05) is 23.7 Å². The highest BCUT2D eigenvalue weighted by Gasteiger charge is 2.01. The summed E-state index contributed by atoms with van der Waals surface area (Å²) in [5, 5.41) is 11.7. The maximum Gasteiger partial charge on any atom is 0.170 e. The van der Waals surface area contributed by atoms with Gasteiger partial charge in [-0.3, -0.25) is 4.68 Å². The summed E-state index contributed by atoms with van der Waals surface area (Å²) in [7, 11) is 0. The fourth-order valence-electron chi connectivity index (χ4n) is 1.79. The van der Waals surface area contributed by atoms with E-state index in [-0.39, 0.29) is 0 Å². The van der Waals surface area contributed by atoms with Crippen molar-refractivity contribution >= 4 is 34.6 Å². The molecule has 6 heteroatoms. The zero-order valence-electron chi connectivity index (χ0n) is 11.3. The molecule has 0 amide bonds. The van der Waals surface area contributed by atoms with Gasteiger partial charge in [-0.2, -0.15) is 5.10 Å². The lowest BCUT2D eigenvalue weighted by atomic mass is 10.3. The molecule has 0 aliphatic carbocycles. The van der Waals surface area contributed by atoms with Crippen molar-refractivity contribution in [1.82, 2.24) is 15.1 Å². The minimum atomic E-state index is 0.579. The Labute approximate surface area is 129 Å². The lowest BCUT2D eigenvalue weighted by Gasteiger charge is -2.11. The Balaban J connectivity index is 1.71. The number of hydrogen-bond acceptors (Lipinski definition) is 2. The first-order chi connectivity index (χ1) is 9.66. The van der Waals surface area contributed by atoms with Crippen LogP contribution in [-0.2, 0) is 6.54 Å². The molecule has 0 spiro atoms. The van der Waals surface area contributed by atoms with Gasteiger partial charge in [0.05, 0.1) is 10.7 Å². The van der Waals surface area contributed by atoms with Crippen LogP contribution in [0.4, 0.5) is 5.69 Å². The van der Waals surface area contributed by atoms with E-state index in [4.69, 9.17) is 23.8 Å². The molecular weight excluding hydrogens is 292 g/mol. The van der Waals surface area contributed by atoms with Gasteiger partial charge in [0, 0.05) is 25.0 Å². The zero-order valence-corrected chi connectivity index (χ0v) is 12.8. The summed E-state index contributed by atoms with van der Waals surface area (Å²) < 4.78 is 1.98. The van der Waals surface area contributed by atoms with Crippen LogP contribution in [-0.4, -0.2) is 21.4 Å². The van der Waals surface area contributed by atoms with Gasteiger partial charge in [0.25, 0.3) is 0 Å². The van der Waals surface area contributed by atoms with E-state index in [1.54, 1.807) is 0 Å². The van der Waals surface area contributed by atoms with E-state index < -0.39 is 0 Å². The highest BCUT2D eigenvalue weighted by molar-refractivity contribution is 7.80. The quantitative estimate of drug-likeness (QED) is 0.657. The number of aryl methyl sites for hydroxylation is 2. The molecule has 0 radical (unpaired) electrons. The Kier molecular flexibility index (Phi) is 5.38. The molecule has 0 atom stereocenters. The van der Waals surface area contributed by atoms with Crippen molar-refractivity contribution in [3.8, 4) is 0 Å². The molecule has 1 heterocycles. The summed E-state index contributed by atoms with van der Waals surface area (Å²) >= 11 is 11.3. The van der Waals surface area contributed by atoms with Crippen molar-refractivity contribution in [1.29, 1.82) is 0 Å². The molecule has 0 fully saturated rings. The zero-order chi connectivity index (χ0) is 14.4. The van der Waals surface area contributed by atoms with Gasteiger partial charge in [-0.05, 0) is 43.8 Å². The van der Waals surface area contributed by atoms with Gasteiger partial charge in [-0.15, -0.1) is 0 Å². The molecule has 0 bridgehead atoms. The third kappa shape index (κ3) is 4.21. The first-order valence-corrected chi connectivity index (χ1v) is 7.23. The predicted molar refractivity (Wildman–Crippen MR) is 87.3 cm³/mol. The second-order valence-corrected chi connectivity index (χ2v) is 5.23. The van der Waals surface area contributed by atoms with Crippen molar-refractivity contribution in [2.45, 2.75) is 19.9 Å². The molecule has 2 rings (SSSR count). The highest BCUT2D eigenvalue weighted by atomic mass is 35.5. The van der Waals surface area contributed by atoms with Crippen molar-refractivity contribution in [2.24, 2.45) is 0 Å². The molecule has 4 nitrogen and oxygen atoms in total. The molecule has 1 aromatic carbocycles. The van der Waals surface area contributed by atoms with E-state index in [9.17, 15) is 0 Å². The van der Waals surface area contributed by atoms with E-state index in [0.29, 0.717) is 10.1 Å². The van der Waals surface area contributed by atoms with E-state index >= 15 is 0 Å². The molecule has 0 aliphatic rings. The fraction of sp³-hybridized carbons (Fsp3) is 0.286. The van der Waals surface area contributed by atoms with Crippen LogP contribution < -0.4 is 10.6 Å². The predicted octanol–water partition coefficient (Wildman–Crippen LogP) is 3.22. The standard InChI is InChI=1S/C14H17ClN4S/c1-11-7-9-17-19(11)10-4-8-16-14(20)18-13-6-3-2-5-12(13)15/h2-3,5-7,9H,4,8,10H2,1H3,(H2,16,18,20). The summed E-state index contributed by atoms with van der Waals surface area (Å²) in [6.45, 7) is 3.71. The molecule has 2 aromatic rings. The van der Waals surface area contributed by atoms with E-state index in [0.717, 1.165) is 25.2 Å². The summed E-state index contributed by atoms with van der Waals surface area (Å²) in [6.07, 6.45) is 2.76. The highest BCUT2D eigenvalue weighted by Crippen LogP contribution is 2.20. The van der Waals surface area contributed by atoms with Crippen LogP contribution in [0.3, 0.4) is 0 Å². The van der Waals surface area contributed by atoms with Gasteiger partial charge in [0.1, 0.15) is 0 Å². The third-order valence-electron chi connectivity index (χ3n) is 2.88. The maximum atomic E-state index is 6.05. The maximum absolute atomic E-state index is 6.05. The Bertz CT molecular complexity index is 582. The Morgan fingerprint density at radius 1 is 1.35 bits per heavy atom. The lowest BCUT2D eigenvalue weighted by Crippen LogP contribution is -2.30. The molecule has 1 aromatic heterocycles. The van der Waals surface area contributed by atoms with Crippen molar-refractivity contribution in [2.75, 3.05) is 11.9 Å². The summed E-state index contributed by atoms with van der Waals surface area (Å²) in [4.78, 5) is 0. The number of aromatic nitrogens is 2. The van der Waals surface area contributed by atoms with E-state index in [1.807, 2.05) is 48.1 Å². The largest absolute Gasteiger partial charge is 0.362 e. The van der Waals surface area contributed by atoms with Gasteiger partial charge >= 0.3 is 0 Å². The molecule has 0 saturated carbocycles. The number of thiocarbonyl (C=S) groups is 1. The number of anilines is 1. The van der Waals surface area contributed by atoms with Gasteiger partial charge in [0.2, 0.25) is 0 Å². The topological polar surface area (TPSA) is 41.9 Å². The second-order valence-electron chi connectivity index (χ2n) is 4.41. The summed E-state index contributed by atoms with van der Waals surface area (Å²) in [5.74, 6) is 0. The molecular formula is C14H17ClN4S. The van der Waals surface area contributed by atoms with E-state index in [2.05, 4.69) is 15.7 Å². The van der Waals surface area contributed by atoms with Gasteiger partial charge in [0.15, 0.2) is 5.11 Å². The first kappa shape index (κ1) is 14.8. The fourth-order valence-corrected chi connectivity index (χ4v) is 2.19. The molecule has 0 unspecified atom stereocenters. The average Bonchev–Trinajstić information content (AvgIpc) is 2.83. The van der Waals surface area contributed by atoms with Crippen molar-refractivity contribution in [3.63, 3.8) is 0 Å². The van der Waals surface area contributed by atoms with Crippen molar-refractivity contribution < 1.29 is 0 Å². The number of nitrogens with zero attached hydrogens (tertiary/aromatic N) is 2. The van der Waals surface area contributed by atoms with Gasteiger partial charge in [-0.25, -0.2) is 0 Å². The summed E-state index contributed by atoms with van der Waals surface area (Å²) in [5.41, 5.74) is 1.98. The Hall–Kier alpha value is -1.59. The molecule has 20 heavy (non-hydrogen) atoms. The van der Waals surface area contributed by atoms with Crippen LogP contribution in [0, 0.1) is 6.92 Å². The number of nitrogens with one attached hydrogen (secondary N) is 2. The number of para-hydroxylation sites is 1. The number of rotatable bonds is 5. The van der Waals surface area contributed by atoms with Crippen molar-refractivity contribution in [3.05, 3.63) is 47.2 Å². The number of benzene rings is 1.